The molecule has 0 aliphatic heterocycles. The summed E-state index contributed by atoms with van der Waals surface area (Å²) in [7, 11) is 1.32. The van der Waals surface area contributed by atoms with Gasteiger partial charge in [0.25, 0.3) is 5.91 Å². The molecule has 4 rings (SSSR count). The molecule has 5 nitrogen and oxygen atoms in total. The molecule has 0 aliphatic carbocycles. The summed E-state index contributed by atoms with van der Waals surface area (Å²) in [6.45, 7) is 1.28. The van der Waals surface area contributed by atoms with Crippen LogP contribution < -0.4 is 4.74 Å². The molecule has 4 aromatic rings. The molecule has 1 amide bonds. The lowest BCUT2D eigenvalue weighted by Crippen LogP contribution is -2.34. The number of hydrogen-bond acceptors (Lipinski definition) is 4. The van der Waals surface area contributed by atoms with E-state index < -0.39 is 5.97 Å². The molecule has 0 saturated carbocycles. The zero-order valence-corrected chi connectivity index (χ0v) is 22.8. The van der Waals surface area contributed by atoms with Crippen molar-refractivity contribution in [3.63, 3.8) is 0 Å². The van der Waals surface area contributed by atoms with Crippen LogP contribution in [-0.4, -0.2) is 37.0 Å². The molecule has 0 aliphatic rings. The van der Waals surface area contributed by atoms with Crippen molar-refractivity contribution >= 4 is 11.9 Å². The second-order valence-electron chi connectivity index (χ2n) is 9.52. The lowest BCUT2D eigenvalue weighted by atomic mass is 9.88. The topological polar surface area (TPSA) is 55.8 Å². The maximum atomic E-state index is 13.6. The Balaban J connectivity index is 1.45. The highest BCUT2D eigenvalue weighted by Gasteiger charge is 2.20. The van der Waals surface area contributed by atoms with Gasteiger partial charge < -0.3 is 14.4 Å². The molecule has 0 N–H and O–H groups in total. The van der Waals surface area contributed by atoms with Crippen molar-refractivity contribution in [1.29, 1.82) is 0 Å². The van der Waals surface area contributed by atoms with E-state index in [1.807, 2.05) is 71.6 Å². The summed E-state index contributed by atoms with van der Waals surface area (Å²) in [4.78, 5) is 26.8. The molecular weight excluding hydrogens is 498 g/mol. The molecule has 0 unspecified atom stereocenters. The maximum Gasteiger partial charge on any atom is 0.333 e. The third kappa shape index (κ3) is 8.43. The van der Waals surface area contributed by atoms with E-state index >= 15 is 0 Å². The van der Waals surface area contributed by atoms with Gasteiger partial charge in [-0.3, -0.25) is 4.79 Å². The first-order valence-electron chi connectivity index (χ1n) is 13.6. The number of carbonyl (C=O) groups excluding carboxylic acids is 2. The summed E-state index contributed by atoms with van der Waals surface area (Å²) in [5.74, 6) is 0.412. The fourth-order valence-electron chi connectivity index (χ4n) is 4.74. The van der Waals surface area contributed by atoms with Crippen LogP contribution in [0, 0.1) is 0 Å². The second kappa shape index (κ2) is 15.1. The number of methoxy groups -OCH3 is 1. The Morgan fingerprint density at radius 1 is 0.775 bits per heavy atom. The summed E-state index contributed by atoms with van der Waals surface area (Å²) in [6, 6.07) is 38.3. The van der Waals surface area contributed by atoms with Gasteiger partial charge in [-0.2, -0.15) is 0 Å². The number of ether oxygens (including phenoxy) is 2. The molecule has 0 saturated heterocycles. The van der Waals surface area contributed by atoms with Gasteiger partial charge in [0, 0.05) is 24.6 Å². The molecule has 0 aromatic heterocycles. The van der Waals surface area contributed by atoms with Crippen molar-refractivity contribution in [2.24, 2.45) is 0 Å². The highest BCUT2D eigenvalue weighted by Crippen LogP contribution is 2.28. The van der Waals surface area contributed by atoms with Crippen LogP contribution in [-0.2, 0) is 16.0 Å². The van der Waals surface area contributed by atoms with Gasteiger partial charge in [-0.25, -0.2) is 4.79 Å². The zero-order valence-electron chi connectivity index (χ0n) is 22.8. The molecular formula is C35H35NO4. The fourth-order valence-corrected chi connectivity index (χ4v) is 4.74. The van der Waals surface area contributed by atoms with Crippen LogP contribution in [0.4, 0.5) is 0 Å². The Kier molecular flexibility index (Phi) is 10.7. The number of benzene rings is 4. The van der Waals surface area contributed by atoms with Gasteiger partial charge >= 0.3 is 5.97 Å². The van der Waals surface area contributed by atoms with Crippen molar-refractivity contribution in [2.75, 3.05) is 20.2 Å². The first-order valence-corrected chi connectivity index (χ1v) is 13.6. The standard InChI is InChI=1S/C35H35NO4/c1-39-34(37)23-26-40-32-21-11-13-28(27-32)14-12-24-36(35(38)31-19-9-4-10-20-31)25-22-33(29-15-5-2-6-16-29)30-17-7-3-8-18-30/h2-11,13,15-21,23,26-27,33H,12,14,22,24-25H2,1H3. The SMILES string of the molecule is COC(=O)C=COc1cccc(CCCN(CCC(c2ccccc2)c2ccccc2)C(=O)c2ccccc2)c1. The van der Waals surface area contributed by atoms with Gasteiger partial charge in [-0.15, -0.1) is 0 Å². The quantitative estimate of drug-likeness (QED) is 0.105. The maximum absolute atomic E-state index is 13.6. The number of carbonyl (C=O) groups is 2. The van der Waals surface area contributed by atoms with E-state index in [1.54, 1.807) is 0 Å². The van der Waals surface area contributed by atoms with Crippen LogP contribution in [0.3, 0.4) is 0 Å². The minimum Gasteiger partial charge on any atom is -0.466 e. The van der Waals surface area contributed by atoms with Crippen LogP contribution in [0.5, 0.6) is 5.75 Å². The summed E-state index contributed by atoms with van der Waals surface area (Å²) in [5.41, 5.74) is 4.30. The van der Waals surface area contributed by atoms with Crippen molar-refractivity contribution in [1.82, 2.24) is 4.90 Å². The third-order valence-corrected chi connectivity index (χ3v) is 6.80. The number of esters is 1. The first-order chi connectivity index (χ1) is 19.6. The molecule has 0 fully saturated rings. The van der Waals surface area contributed by atoms with Crippen molar-refractivity contribution in [3.05, 3.63) is 150 Å². The van der Waals surface area contributed by atoms with Gasteiger partial charge in [0.1, 0.15) is 5.75 Å². The predicted molar refractivity (Wildman–Crippen MR) is 158 cm³/mol. The third-order valence-electron chi connectivity index (χ3n) is 6.80. The molecule has 0 radical (unpaired) electrons. The highest BCUT2D eigenvalue weighted by molar-refractivity contribution is 5.94. The minimum absolute atomic E-state index is 0.0468. The van der Waals surface area contributed by atoms with Crippen LogP contribution >= 0.6 is 0 Å². The van der Waals surface area contributed by atoms with Crippen LogP contribution in [0.15, 0.2) is 128 Å². The lowest BCUT2D eigenvalue weighted by molar-refractivity contribution is -0.134. The number of aryl methyl sites for hydroxylation is 1. The summed E-state index contributed by atoms with van der Waals surface area (Å²) < 4.78 is 10.1. The minimum atomic E-state index is -0.471. The average molecular weight is 534 g/mol. The van der Waals surface area contributed by atoms with Gasteiger partial charge in [0.05, 0.1) is 19.4 Å². The largest absolute Gasteiger partial charge is 0.466 e. The number of amides is 1. The lowest BCUT2D eigenvalue weighted by Gasteiger charge is -2.26. The zero-order chi connectivity index (χ0) is 28.0. The average Bonchev–Trinajstić information content (AvgIpc) is 3.01. The molecule has 5 heteroatoms. The van der Waals surface area contributed by atoms with E-state index in [0.29, 0.717) is 24.4 Å². The smallest absolute Gasteiger partial charge is 0.333 e. The number of hydrogen-bond donors (Lipinski definition) is 0. The predicted octanol–water partition coefficient (Wildman–Crippen LogP) is 7.05. The highest BCUT2D eigenvalue weighted by atomic mass is 16.5. The summed E-state index contributed by atoms with van der Waals surface area (Å²) >= 11 is 0. The van der Waals surface area contributed by atoms with Gasteiger partial charge in [0.2, 0.25) is 0 Å². The molecule has 0 bridgehead atoms. The Morgan fingerprint density at radius 3 is 2.02 bits per heavy atom. The Morgan fingerprint density at radius 2 is 1.40 bits per heavy atom. The Labute approximate surface area is 236 Å². The van der Waals surface area contributed by atoms with E-state index in [4.69, 9.17) is 4.74 Å². The van der Waals surface area contributed by atoms with Crippen molar-refractivity contribution in [2.45, 2.75) is 25.2 Å². The first kappa shape index (κ1) is 28.4. The van der Waals surface area contributed by atoms with E-state index in [1.165, 1.54) is 30.6 Å². The van der Waals surface area contributed by atoms with Crippen molar-refractivity contribution in [3.8, 4) is 5.75 Å². The van der Waals surface area contributed by atoms with Crippen LogP contribution in [0.25, 0.3) is 0 Å². The van der Waals surface area contributed by atoms with E-state index in [9.17, 15) is 9.59 Å². The number of nitrogens with zero attached hydrogens (tertiary/aromatic N) is 1. The van der Waals surface area contributed by atoms with E-state index in [-0.39, 0.29) is 11.8 Å². The van der Waals surface area contributed by atoms with E-state index in [2.05, 4.69) is 53.3 Å². The molecule has 0 atom stereocenters. The van der Waals surface area contributed by atoms with Crippen molar-refractivity contribution < 1.29 is 19.1 Å². The summed E-state index contributed by atoms with van der Waals surface area (Å²) in [5, 5.41) is 0. The molecule has 0 heterocycles. The Hall–Kier alpha value is -4.64. The molecule has 0 spiro atoms. The van der Waals surface area contributed by atoms with Gasteiger partial charge in [0.15, 0.2) is 0 Å². The fraction of sp³-hybridized carbons (Fsp3) is 0.200. The molecule has 204 valence electrons. The Bertz CT molecular complexity index is 1330. The number of rotatable bonds is 13. The molecule has 40 heavy (non-hydrogen) atoms. The second-order valence-corrected chi connectivity index (χ2v) is 9.52. The monoisotopic (exact) mass is 533 g/mol. The van der Waals surface area contributed by atoms with Crippen LogP contribution in [0.2, 0.25) is 0 Å². The van der Waals surface area contributed by atoms with E-state index in [0.717, 1.165) is 24.8 Å². The van der Waals surface area contributed by atoms with Gasteiger partial charge in [-0.05, 0) is 60.2 Å². The van der Waals surface area contributed by atoms with Crippen LogP contribution in [0.1, 0.15) is 45.8 Å². The normalized spacial score (nSPS) is 10.9. The summed E-state index contributed by atoms with van der Waals surface area (Å²) in [6.07, 6.45) is 4.97. The van der Waals surface area contributed by atoms with Gasteiger partial charge in [-0.1, -0.05) is 91.0 Å². The molecule has 4 aromatic carbocycles.